The Labute approximate surface area is 125 Å². The minimum Gasteiger partial charge on any atom is -0.366 e. The van der Waals surface area contributed by atoms with Crippen LogP contribution in [0, 0.1) is 5.92 Å². The van der Waals surface area contributed by atoms with Crippen LogP contribution in [0.15, 0.2) is 30.3 Å². The fraction of sp³-hybridized carbons (Fsp3) is 0.500. The molecule has 1 fully saturated rings. The third-order valence-corrected chi connectivity index (χ3v) is 3.64. The van der Waals surface area contributed by atoms with Crippen LogP contribution in [0.4, 0.5) is 0 Å². The van der Waals surface area contributed by atoms with Crippen LogP contribution in [0.3, 0.4) is 0 Å². The van der Waals surface area contributed by atoms with E-state index in [1.165, 1.54) is 32.1 Å². The van der Waals surface area contributed by atoms with Crippen LogP contribution in [0.25, 0.3) is 0 Å². The molecule has 0 radical (unpaired) electrons. The van der Waals surface area contributed by atoms with Gasteiger partial charge < -0.3 is 10.6 Å². The second-order valence-electron chi connectivity index (χ2n) is 5.24. The van der Waals surface area contributed by atoms with Crippen molar-refractivity contribution in [2.75, 3.05) is 0 Å². The summed E-state index contributed by atoms with van der Waals surface area (Å²) in [5.41, 5.74) is 5.53. The Morgan fingerprint density at radius 1 is 1.14 bits per heavy atom. The number of primary amides is 1. The van der Waals surface area contributed by atoms with Crippen molar-refractivity contribution in [1.82, 2.24) is 0 Å². The minimum absolute atomic E-state index is 0.362. The van der Waals surface area contributed by atoms with E-state index in [1.54, 1.807) is 24.3 Å². The van der Waals surface area contributed by atoms with Gasteiger partial charge in [0.2, 0.25) is 5.91 Å². The molecule has 5 nitrogen and oxygen atoms in total. The van der Waals surface area contributed by atoms with Gasteiger partial charge >= 0.3 is 5.97 Å². The van der Waals surface area contributed by atoms with E-state index in [0.29, 0.717) is 17.9 Å². The van der Waals surface area contributed by atoms with Gasteiger partial charge in [0.1, 0.15) is 0 Å². The van der Waals surface area contributed by atoms with Crippen molar-refractivity contribution in [2.24, 2.45) is 11.7 Å². The Bertz CT molecular complexity index is 427. The van der Waals surface area contributed by atoms with Crippen LogP contribution in [0.5, 0.6) is 0 Å². The second kappa shape index (κ2) is 9.94. The molecule has 0 atom stereocenters. The van der Waals surface area contributed by atoms with E-state index < -0.39 is 5.97 Å². The lowest BCUT2D eigenvalue weighted by atomic mass is 9.86. The van der Waals surface area contributed by atoms with Gasteiger partial charge in [-0.05, 0) is 24.5 Å². The Kier molecular flexibility index (Phi) is 8.12. The van der Waals surface area contributed by atoms with Crippen LogP contribution in [-0.2, 0) is 9.68 Å². The highest BCUT2D eigenvalue weighted by molar-refractivity contribution is 5.92. The van der Waals surface area contributed by atoms with Crippen molar-refractivity contribution in [3.05, 3.63) is 35.9 Å². The van der Waals surface area contributed by atoms with Gasteiger partial charge in [0.05, 0.1) is 0 Å². The number of hydrogen-bond acceptors (Lipinski definition) is 4. The van der Waals surface area contributed by atoms with Crippen LogP contribution >= 0.6 is 0 Å². The van der Waals surface area contributed by atoms with Crippen molar-refractivity contribution < 1.29 is 19.7 Å². The average molecular weight is 293 g/mol. The Morgan fingerprint density at radius 2 is 1.76 bits per heavy atom. The predicted octanol–water partition coefficient (Wildman–Crippen LogP) is 3.15. The Balaban J connectivity index is 0.000000219. The molecule has 1 aliphatic carbocycles. The SMILES string of the molecule is NC(=O)c1ccccc1.O=C(CCC1CCCCC1)OO. The van der Waals surface area contributed by atoms with Crippen molar-refractivity contribution in [3.8, 4) is 0 Å². The number of nitrogens with two attached hydrogens (primary N) is 1. The number of rotatable bonds is 4. The molecular formula is C16H23NO4. The number of carbonyl (C=O) groups excluding carboxylic acids is 2. The van der Waals surface area contributed by atoms with E-state index in [-0.39, 0.29) is 5.91 Å². The molecule has 2 rings (SSSR count). The van der Waals surface area contributed by atoms with E-state index in [1.807, 2.05) is 6.07 Å². The predicted molar refractivity (Wildman–Crippen MR) is 79.5 cm³/mol. The van der Waals surface area contributed by atoms with Gasteiger partial charge in [-0.15, -0.1) is 0 Å². The zero-order chi connectivity index (χ0) is 15.5. The van der Waals surface area contributed by atoms with E-state index in [9.17, 15) is 9.59 Å². The summed E-state index contributed by atoms with van der Waals surface area (Å²) < 4.78 is 0. The fourth-order valence-electron chi connectivity index (χ4n) is 2.45. The molecule has 3 N–H and O–H groups in total. The third kappa shape index (κ3) is 7.46. The monoisotopic (exact) mass is 293 g/mol. The zero-order valence-corrected chi connectivity index (χ0v) is 12.2. The van der Waals surface area contributed by atoms with Gasteiger partial charge in [-0.2, -0.15) is 5.26 Å². The molecule has 0 unspecified atom stereocenters. The van der Waals surface area contributed by atoms with Crippen molar-refractivity contribution in [2.45, 2.75) is 44.9 Å². The molecule has 1 saturated carbocycles. The largest absolute Gasteiger partial charge is 0.366 e. The molecule has 0 spiro atoms. The first-order valence-corrected chi connectivity index (χ1v) is 7.32. The van der Waals surface area contributed by atoms with Gasteiger partial charge in [-0.25, -0.2) is 4.79 Å². The van der Waals surface area contributed by atoms with E-state index in [2.05, 4.69) is 4.89 Å². The molecule has 1 aliphatic rings. The first-order chi connectivity index (χ1) is 10.1. The van der Waals surface area contributed by atoms with Crippen molar-refractivity contribution >= 4 is 11.9 Å². The average Bonchev–Trinajstić information content (AvgIpc) is 2.55. The second-order valence-corrected chi connectivity index (χ2v) is 5.24. The van der Waals surface area contributed by atoms with Crippen LogP contribution in [0.1, 0.15) is 55.3 Å². The van der Waals surface area contributed by atoms with E-state index >= 15 is 0 Å². The lowest BCUT2D eigenvalue weighted by Crippen LogP contribution is -2.09. The first-order valence-electron chi connectivity index (χ1n) is 7.32. The molecule has 0 aromatic heterocycles. The number of benzene rings is 1. The summed E-state index contributed by atoms with van der Waals surface area (Å²) in [7, 11) is 0. The maximum atomic E-state index is 10.6. The highest BCUT2D eigenvalue weighted by atomic mass is 17.1. The molecule has 0 heterocycles. The molecule has 5 heteroatoms. The summed E-state index contributed by atoms with van der Waals surface area (Å²) in [4.78, 5) is 24.6. The van der Waals surface area contributed by atoms with Crippen LogP contribution in [0.2, 0.25) is 0 Å². The van der Waals surface area contributed by atoms with Gasteiger partial charge in [0.25, 0.3) is 0 Å². The van der Waals surface area contributed by atoms with Crippen molar-refractivity contribution in [3.63, 3.8) is 0 Å². The summed E-state index contributed by atoms with van der Waals surface area (Å²) in [6, 6.07) is 8.76. The molecule has 116 valence electrons. The standard InChI is InChI=1S/C9H16O3.C7H7NO/c10-9(12-11)7-6-8-4-2-1-3-5-8;8-7(9)6-4-2-1-3-5-6/h8,11H,1-7H2;1-5H,(H2,8,9). The maximum absolute atomic E-state index is 10.6. The highest BCUT2D eigenvalue weighted by Crippen LogP contribution is 2.27. The molecule has 1 aromatic rings. The fourth-order valence-corrected chi connectivity index (χ4v) is 2.45. The summed E-state index contributed by atoms with van der Waals surface area (Å²) in [5.74, 6) is -0.200. The minimum atomic E-state index is -0.499. The summed E-state index contributed by atoms with van der Waals surface area (Å²) in [5, 5.41) is 8.01. The number of hydrogen-bond donors (Lipinski definition) is 2. The molecule has 0 saturated heterocycles. The topological polar surface area (TPSA) is 89.6 Å². The Hall–Kier alpha value is -1.88. The summed E-state index contributed by atoms with van der Waals surface area (Å²) in [6.45, 7) is 0. The lowest BCUT2D eigenvalue weighted by Gasteiger charge is -2.20. The van der Waals surface area contributed by atoms with E-state index in [0.717, 1.165) is 6.42 Å². The summed E-state index contributed by atoms with van der Waals surface area (Å²) >= 11 is 0. The van der Waals surface area contributed by atoms with Gasteiger partial charge in [-0.3, -0.25) is 4.79 Å². The quantitative estimate of drug-likeness (QED) is 0.659. The van der Waals surface area contributed by atoms with Crippen molar-refractivity contribution in [1.29, 1.82) is 0 Å². The molecule has 0 bridgehead atoms. The highest BCUT2D eigenvalue weighted by Gasteiger charge is 2.15. The normalized spacial score (nSPS) is 14.7. The van der Waals surface area contributed by atoms with Gasteiger partial charge in [-0.1, -0.05) is 50.3 Å². The van der Waals surface area contributed by atoms with E-state index in [4.69, 9.17) is 11.0 Å². The maximum Gasteiger partial charge on any atom is 0.342 e. The van der Waals surface area contributed by atoms with Gasteiger partial charge in [0.15, 0.2) is 0 Å². The van der Waals surface area contributed by atoms with Crippen LogP contribution in [-0.4, -0.2) is 17.1 Å². The third-order valence-electron chi connectivity index (χ3n) is 3.64. The molecular weight excluding hydrogens is 270 g/mol. The summed E-state index contributed by atoms with van der Waals surface area (Å²) in [6.07, 6.45) is 7.62. The van der Waals surface area contributed by atoms with Gasteiger partial charge in [0, 0.05) is 12.0 Å². The Morgan fingerprint density at radius 3 is 2.24 bits per heavy atom. The molecule has 0 aliphatic heterocycles. The zero-order valence-electron chi connectivity index (χ0n) is 12.2. The van der Waals surface area contributed by atoms with Crippen LogP contribution < -0.4 is 5.73 Å². The smallest absolute Gasteiger partial charge is 0.342 e. The first kappa shape index (κ1) is 17.2. The molecule has 1 aromatic carbocycles. The molecule has 21 heavy (non-hydrogen) atoms. The number of carbonyl (C=O) groups is 2. The molecule has 1 amide bonds. The lowest BCUT2D eigenvalue weighted by molar-refractivity contribution is -0.234. The number of amides is 1.